The van der Waals surface area contributed by atoms with Crippen LogP contribution < -0.4 is 4.90 Å². The molecule has 0 saturated carbocycles. The highest BCUT2D eigenvalue weighted by Crippen LogP contribution is 2.35. The highest BCUT2D eigenvalue weighted by Gasteiger charge is 2.27. The number of hydrogen-bond acceptors (Lipinski definition) is 6. The Morgan fingerprint density at radius 1 is 1.00 bits per heavy atom. The van der Waals surface area contributed by atoms with Crippen molar-refractivity contribution in [3.05, 3.63) is 72.2 Å². The van der Waals surface area contributed by atoms with Gasteiger partial charge in [0, 0.05) is 50.2 Å². The molecule has 0 atom stereocenters. The zero-order chi connectivity index (χ0) is 26.4. The van der Waals surface area contributed by atoms with E-state index >= 15 is 0 Å². The van der Waals surface area contributed by atoms with Gasteiger partial charge in [-0.2, -0.15) is 5.26 Å². The van der Waals surface area contributed by atoms with Gasteiger partial charge in [-0.1, -0.05) is 12.1 Å². The number of carbonyl (C=O) groups excluding carboxylic acids is 1. The minimum atomic E-state index is -0.497. The molecule has 0 bridgehead atoms. The highest BCUT2D eigenvalue weighted by atomic mass is 16.6. The Balaban J connectivity index is 1.27. The van der Waals surface area contributed by atoms with Gasteiger partial charge in [-0.15, -0.1) is 10.2 Å². The van der Waals surface area contributed by atoms with Crippen molar-refractivity contribution in [2.45, 2.75) is 32.9 Å². The molecular formula is C29H29N7O2. The molecule has 2 aromatic heterocycles. The Morgan fingerprint density at radius 2 is 1.76 bits per heavy atom. The molecule has 0 unspecified atom stereocenters. The van der Waals surface area contributed by atoms with Gasteiger partial charge in [0.25, 0.3) is 0 Å². The summed E-state index contributed by atoms with van der Waals surface area (Å²) >= 11 is 0. The largest absolute Gasteiger partial charge is 0.444 e. The van der Waals surface area contributed by atoms with Crippen LogP contribution in [0.4, 0.5) is 10.5 Å². The van der Waals surface area contributed by atoms with Crippen LogP contribution in [-0.4, -0.2) is 62.1 Å². The molecule has 38 heavy (non-hydrogen) atoms. The fraction of sp³-hybridized carbons (Fsp3) is 0.310. The van der Waals surface area contributed by atoms with E-state index < -0.39 is 5.60 Å². The van der Waals surface area contributed by atoms with Crippen molar-refractivity contribution >= 4 is 11.8 Å². The molecule has 2 aliphatic heterocycles. The first kappa shape index (κ1) is 23.8. The van der Waals surface area contributed by atoms with E-state index in [2.05, 4.69) is 56.2 Å². The molecule has 192 valence electrons. The minimum absolute atomic E-state index is 0.252. The first-order chi connectivity index (χ1) is 18.3. The van der Waals surface area contributed by atoms with Crippen molar-refractivity contribution in [2.24, 2.45) is 0 Å². The van der Waals surface area contributed by atoms with Crippen molar-refractivity contribution < 1.29 is 9.53 Å². The summed E-state index contributed by atoms with van der Waals surface area (Å²) in [6.45, 7) is 9.09. The quantitative estimate of drug-likeness (QED) is 0.344. The van der Waals surface area contributed by atoms with Crippen molar-refractivity contribution in [3.63, 3.8) is 0 Å². The van der Waals surface area contributed by atoms with Crippen LogP contribution in [0.2, 0.25) is 0 Å². The second-order valence-corrected chi connectivity index (χ2v) is 10.7. The number of anilines is 1. The van der Waals surface area contributed by atoms with E-state index in [0.717, 1.165) is 47.1 Å². The summed E-state index contributed by atoms with van der Waals surface area (Å²) in [5.41, 5.74) is 6.61. The minimum Gasteiger partial charge on any atom is -0.444 e. The van der Waals surface area contributed by atoms with E-state index in [1.807, 2.05) is 49.6 Å². The summed E-state index contributed by atoms with van der Waals surface area (Å²) in [5.74, 6) is 0.794. The Hall–Kier alpha value is -4.58. The molecule has 1 amide bonds. The number of amides is 1. The summed E-state index contributed by atoms with van der Waals surface area (Å²) in [6.07, 6.45) is 3.65. The molecule has 2 aromatic carbocycles. The van der Waals surface area contributed by atoms with Gasteiger partial charge in [0.15, 0.2) is 5.82 Å². The molecule has 1 fully saturated rings. The van der Waals surface area contributed by atoms with Crippen LogP contribution in [0, 0.1) is 11.3 Å². The number of benzene rings is 2. The van der Waals surface area contributed by atoms with Gasteiger partial charge in [0.2, 0.25) is 0 Å². The SMILES string of the molecule is CC(C)(C)OC(=O)N1CCN(c2ccc3c(c2)Cn2cc(-c4ccc(C#N)cc4)cc2-c2nncn2-3)CC1. The fourth-order valence-electron chi connectivity index (χ4n) is 5.10. The summed E-state index contributed by atoms with van der Waals surface area (Å²) in [6, 6.07) is 18.4. The molecule has 1 saturated heterocycles. The first-order valence-electron chi connectivity index (χ1n) is 12.8. The van der Waals surface area contributed by atoms with Crippen LogP contribution in [-0.2, 0) is 11.3 Å². The van der Waals surface area contributed by atoms with Gasteiger partial charge in [-0.25, -0.2) is 4.79 Å². The van der Waals surface area contributed by atoms with Gasteiger partial charge in [-0.05, 0) is 68.3 Å². The number of nitrogens with zero attached hydrogens (tertiary/aromatic N) is 7. The van der Waals surface area contributed by atoms with Crippen LogP contribution in [0.5, 0.6) is 0 Å². The number of ether oxygens (including phenoxy) is 1. The van der Waals surface area contributed by atoms with E-state index in [-0.39, 0.29) is 6.09 Å². The van der Waals surface area contributed by atoms with Crippen molar-refractivity contribution in [3.8, 4) is 34.4 Å². The van der Waals surface area contributed by atoms with Gasteiger partial charge in [-0.3, -0.25) is 4.57 Å². The van der Waals surface area contributed by atoms with Gasteiger partial charge < -0.3 is 19.1 Å². The molecule has 6 rings (SSSR count). The van der Waals surface area contributed by atoms with Crippen LogP contribution in [0.1, 0.15) is 31.9 Å². The summed E-state index contributed by atoms with van der Waals surface area (Å²) in [7, 11) is 0. The van der Waals surface area contributed by atoms with E-state index in [1.54, 1.807) is 11.2 Å². The number of carbonyl (C=O) groups is 1. The standard InChI is InChI=1S/C29H29N7O2/c1-29(2,3)38-28(37)34-12-10-33(11-13-34)24-8-9-25-23(14-24)18-35-17-22(21-6-4-20(16-30)5-7-21)15-26(35)27-32-31-19-36(25)27/h4-9,14-15,17,19H,10-13,18H2,1-3H3. The predicted molar refractivity (Wildman–Crippen MR) is 144 cm³/mol. The number of rotatable bonds is 2. The van der Waals surface area contributed by atoms with Crippen LogP contribution in [0.3, 0.4) is 0 Å². The average Bonchev–Trinajstić information content (AvgIpc) is 3.53. The molecule has 0 radical (unpaired) electrons. The van der Waals surface area contributed by atoms with Crippen LogP contribution in [0.25, 0.3) is 28.3 Å². The van der Waals surface area contributed by atoms with Crippen molar-refractivity contribution in [2.75, 3.05) is 31.1 Å². The molecular weight excluding hydrogens is 478 g/mol. The monoisotopic (exact) mass is 507 g/mol. The topological polar surface area (TPSA) is 92.2 Å². The van der Waals surface area contributed by atoms with E-state index in [9.17, 15) is 4.79 Å². The normalized spacial score (nSPS) is 14.7. The maximum Gasteiger partial charge on any atom is 0.410 e. The summed E-state index contributed by atoms with van der Waals surface area (Å²) in [5, 5.41) is 17.8. The van der Waals surface area contributed by atoms with Gasteiger partial charge in [0.05, 0.1) is 23.0 Å². The molecule has 9 heteroatoms. The van der Waals surface area contributed by atoms with Gasteiger partial charge in [0.1, 0.15) is 11.9 Å². The lowest BCUT2D eigenvalue weighted by atomic mass is 10.1. The maximum atomic E-state index is 12.5. The van der Waals surface area contributed by atoms with Crippen molar-refractivity contribution in [1.82, 2.24) is 24.2 Å². The van der Waals surface area contributed by atoms with Gasteiger partial charge >= 0.3 is 6.09 Å². The molecule has 4 heterocycles. The lowest BCUT2D eigenvalue weighted by Crippen LogP contribution is -2.50. The number of fused-ring (bicyclic) bond motifs is 5. The van der Waals surface area contributed by atoms with Crippen molar-refractivity contribution in [1.29, 1.82) is 5.26 Å². The summed E-state index contributed by atoms with van der Waals surface area (Å²) < 4.78 is 9.80. The van der Waals surface area contributed by atoms with Crippen LogP contribution >= 0.6 is 0 Å². The molecule has 0 N–H and O–H groups in total. The third-order valence-corrected chi connectivity index (χ3v) is 6.98. The third-order valence-electron chi connectivity index (χ3n) is 6.98. The second-order valence-electron chi connectivity index (χ2n) is 10.7. The van der Waals surface area contributed by atoms with E-state index in [1.165, 1.54) is 5.56 Å². The number of aromatic nitrogens is 4. The maximum absolute atomic E-state index is 12.5. The third kappa shape index (κ3) is 4.39. The van der Waals surface area contributed by atoms with E-state index in [4.69, 9.17) is 10.00 Å². The summed E-state index contributed by atoms with van der Waals surface area (Å²) in [4.78, 5) is 16.6. The number of piperazine rings is 1. The lowest BCUT2D eigenvalue weighted by Gasteiger charge is -2.37. The first-order valence-corrected chi connectivity index (χ1v) is 12.8. The molecule has 9 nitrogen and oxygen atoms in total. The Morgan fingerprint density at radius 3 is 2.47 bits per heavy atom. The zero-order valence-corrected chi connectivity index (χ0v) is 21.8. The molecule has 0 aliphatic carbocycles. The second kappa shape index (κ2) is 9.06. The molecule has 4 aromatic rings. The highest BCUT2D eigenvalue weighted by molar-refractivity contribution is 5.72. The lowest BCUT2D eigenvalue weighted by molar-refractivity contribution is 0.0240. The Kier molecular flexibility index (Phi) is 5.68. The zero-order valence-electron chi connectivity index (χ0n) is 21.8. The number of hydrogen-bond donors (Lipinski definition) is 0. The Labute approximate surface area is 221 Å². The average molecular weight is 508 g/mol. The molecule has 0 spiro atoms. The predicted octanol–water partition coefficient (Wildman–Crippen LogP) is 4.69. The smallest absolute Gasteiger partial charge is 0.410 e. The number of nitriles is 1. The van der Waals surface area contributed by atoms with E-state index in [0.29, 0.717) is 25.2 Å². The van der Waals surface area contributed by atoms with Crippen LogP contribution in [0.15, 0.2) is 61.1 Å². The fourth-order valence-corrected chi connectivity index (χ4v) is 5.10. The molecule has 2 aliphatic rings. The Bertz CT molecular complexity index is 1540.